The largest absolute Gasteiger partial charge is 0.480 e. The van der Waals surface area contributed by atoms with Crippen LogP contribution in [0.25, 0.3) is 0 Å². The second-order valence-corrected chi connectivity index (χ2v) is 10.7. The number of benzene rings is 3. The van der Waals surface area contributed by atoms with Gasteiger partial charge in [0.25, 0.3) is 0 Å². The number of hydrogen-bond donors (Lipinski definition) is 1. The molecule has 0 saturated carbocycles. The molecule has 1 saturated heterocycles. The predicted octanol–water partition coefficient (Wildman–Crippen LogP) is 5.03. The van der Waals surface area contributed by atoms with Gasteiger partial charge in [-0.3, -0.25) is 9.69 Å². The number of ether oxygens (including phenoxy) is 1. The molecule has 3 aromatic rings. The molecule has 0 atom stereocenters. The van der Waals surface area contributed by atoms with Crippen LogP contribution in [0.2, 0.25) is 5.02 Å². The summed E-state index contributed by atoms with van der Waals surface area (Å²) in [5.41, 5.74) is 1.11. The lowest BCUT2D eigenvalue weighted by Gasteiger charge is -2.38. The number of nitrogens with zero attached hydrogens (tertiary/aromatic N) is 1. The topological polar surface area (TPSA) is 83.9 Å². The molecule has 0 spiro atoms. The van der Waals surface area contributed by atoms with Gasteiger partial charge in [0.2, 0.25) is 0 Å². The van der Waals surface area contributed by atoms with Crippen LogP contribution in [0.3, 0.4) is 0 Å². The van der Waals surface area contributed by atoms with Crippen LogP contribution in [-0.2, 0) is 21.2 Å². The van der Waals surface area contributed by atoms with Crippen LogP contribution in [0.1, 0.15) is 18.4 Å². The van der Waals surface area contributed by atoms with Crippen LogP contribution in [0.15, 0.2) is 83.8 Å². The number of piperidine rings is 1. The maximum absolute atomic E-state index is 13.5. The first-order valence-electron chi connectivity index (χ1n) is 10.6. The fraction of sp³-hybridized carbons (Fsp3) is 0.240. The third-order valence-electron chi connectivity index (χ3n) is 6.02. The van der Waals surface area contributed by atoms with Gasteiger partial charge in [0.15, 0.2) is 14.6 Å². The Morgan fingerprint density at radius 2 is 1.55 bits per heavy atom. The molecule has 33 heavy (non-hydrogen) atoms. The van der Waals surface area contributed by atoms with Crippen LogP contribution in [0.5, 0.6) is 11.5 Å². The molecule has 172 valence electrons. The highest BCUT2D eigenvalue weighted by Crippen LogP contribution is 2.37. The fourth-order valence-electron chi connectivity index (χ4n) is 4.08. The molecule has 0 unspecified atom stereocenters. The Morgan fingerprint density at radius 1 is 0.939 bits per heavy atom. The summed E-state index contributed by atoms with van der Waals surface area (Å²) in [7, 11) is -4.12. The van der Waals surface area contributed by atoms with E-state index >= 15 is 0 Å². The standard InChI is InChI=1S/C25H24ClNO5S/c26-22-8-4-5-9-23(22)32-20-10-12-21(13-11-20)33(30,31)25(24(28)29)14-16-27(17-15-25)18-19-6-2-1-3-7-19/h1-13H,14-18H2,(H,28,29). The molecule has 0 aromatic heterocycles. The van der Waals surface area contributed by atoms with Crippen molar-refractivity contribution in [3.05, 3.63) is 89.4 Å². The maximum atomic E-state index is 13.5. The van der Waals surface area contributed by atoms with Crippen LogP contribution in [-0.4, -0.2) is 42.2 Å². The summed E-state index contributed by atoms with van der Waals surface area (Å²) in [6, 6.07) is 22.6. The van der Waals surface area contributed by atoms with E-state index in [0.29, 0.717) is 36.2 Å². The molecule has 0 radical (unpaired) electrons. The number of sulfone groups is 1. The number of halogens is 1. The third kappa shape index (κ3) is 4.76. The first-order chi connectivity index (χ1) is 15.8. The molecule has 0 bridgehead atoms. The van der Waals surface area contributed by atoms with Crippen molar-refractivity contribution in [2.24, 2.45) is 0 Å². The maximum Gasteiger partial charge on any atom is 0.325 e. The molecule has 0 amide bonds. The smallest absolute Gasteiger partial charge is 0.325 e. The molecule has 1 heterocycles. The van der Waals surface area contributed by atoms with E-state index in [2.05, 4.69) is 4.90 Å². The Kier molecular flexibility index (Phi) is 6.74. The van der Waals surface area contributed by atoms with E-state index in [-0.39, 0.29) is 17.7 Å². The first kappa shape index (κ1) is 23.3. The lowest BCUT2D eigenvalue weighted by Crippen LogP contribution is -2.54. The summed E-state index contributed by atoms with van der Waals surface area (Å²) < 4.78 is 30.8. The molecule has 0 aliphatic carbocycles. The van der Waals surface area contributed by atoms with Gasteiger partial charge in [0.1, 0.15) is 11.5 Å². The molecular weight excluding hydrogens is 462 g/mol. The number of carboxylic acid groups (broad SMARTS) is 1. The lowest BCUT2D eigenvalue weighted by atomic mass is 9.95. The zero-order chi connectivity index (χ0) is 23.5. The average Bonchev–Trinajstić information content (AvgIpc) is 2.82. The average molecular weight is 486 g/mol. The summed E-state index contributed by atoms with van der Waals surface area (Å²) in [6.07, 6.45) is 0.0464. The summed E-state index contributed by atoms with van der Waals surface area (Å²) in [5.74, 6) is -0.454. The van der Waals surface area contributed by atoms with E-state index < -0.39 is 20.6 Å². The summed E-state index contributed by atoms with van der Waals surface area (Å²) in [6.45, 7) is 1.42. The minimum absolute atomic E-state index is 0.0232. The minimum Gasteiger partial charge on any atom is -0.480 e. The van der Waals surface area contributed by atoms with Crippen LogP contribution in [0.4, 0.5) is 0 Å². The predicted molar refractivity (Wildman–Crippen MR) is 126 cm³/mol. The normalized spacial score (nSPS) is 16.3. The Labute approximate surface area is 198 Å². The summed E-state index contributed by atoms with van der Waals surface area (Å²) in [4.78, 5) is 14.3. The van der Waals surface area contributed by atoms with E-state index in [9.17, 15) is 18.3 Å². The zero-order valence-corrected chi connectivity index (χ0v) is 19.4. The molecule has 1 fully saturated rings. The Hall–Kier alpha value is -2.87. The second-order valence-electron chi connectivity index (χ2n) is 8.07. The number of rotatable bonds is 7. The van der Waals surface area contributed by atoms with E-state index in [4.69, 9.17) is 16.3 Å². The van der Waals surface area contributed by atoms with Crippen LogP contribution >= 0.6 is 11.6 Å². The van der Waals surface area contributed by atoms with Crippen LogP contribution < -0.4 is 4.74 Å². The van der Waals surface area contributed by atoms with Crippen molar-refractivity contribution in [3.63, 3.8) is 0 Å². The zero-order valence-electron chi connectivity index (χ0n) is 17.9. The van der Waals surface area contributed by atoms with Gasteiger partial charge in [-0.25, -0.2) is 8.42 Å². The number of aliphatic carboxylic acids is 1. The van der Waals surface area contributed by atoms with Crippen molar-refractivity contribution in [2.75, 3.05) is 13.1 Å². The number of para-hydroxylation sites is 1. The Balaban J connectivity index is 1.51. The van der Waals surface area contributed by atoms with E-state index in [0.717, 1.165) is 5.56 Å². The van der Waals surface area contributed by atoms with Crippen LogP contribution in [0, 0.1) is 0 Å². The quantitative estimate of drug-likeness (QED) is 0.505. The van der Waals surface area contributed by atoms with Gasteiger partial charge in [-0.2, -0.15) is 0 Å². The van der Waals surface area contributed by atoms with E-state index in [1.165, 1.54) is 24.3 Å². The van der Waals surface area contributed by atoms with Gasteiger partial charge in [-0.15, -0.1) is 0 Å². The van der Waals surface area contributed by atoms with Crippen molar-refractivity contribution in [1.82, 2.24) is 4.90 Å². The van der Waals surface area contributed by atoms with Gasteiger partial charge in [-0.1, -0.05) is 54.1 Å². The molecule has 3 aromatic carbocycles. The van der Waals surface area contributed by atoms with Gasteiger partial charge in [0, 0.05) is 19.6 Å². The summed E-state index contributed by atoms with van der Waals surface area (Å²) in [5, 5.41) is 10.4. The molecule has 8 heteroatoms. The molecule has 4 rings (SSSR count). The van der Waals surface area contributed by atoms with Gasteiger partial charge in [-0.05, 0) is 54.8 Å². The highest BCUT2D eigenvalue weighted by Gasteiger charge is 2.53. The van der Waals surface area contributed by atoms with Crippen molar-refractivity contribution in [1.29, 1.82) is 0 Å². The fourth-order valence-corrected chi connectivity index (χ4v) is 6.15. The first-order valence-corrected chi connectivity index (χ1v) is 12.4. The van der Waals surface area contributed by atoms with Gasteiger partial charge >= 0.3 is 5.97 Å². The number of hydrogen-bond acceptors (Lipinski definition) is 5. The van der Waals surface area contributed by atoms with E-state index in [1.54, 1.807) is 24.3 Å². The summed E-state index contributed by atoms with van der Waals surface area (Å²) >= 11 is 6.11. The number of carbonyl (C=O) groups is 1. The Bertz CT molecular complexity index is 1220. The second kappa shape index (κ2) is 9.55. The lowest BCUT2D eigenvalue weighted by molar-refractivity contribution is -0.141. The van der Waals surface area contributed by atoms with Gasteiger partial charge in [0.05, 0.1) is 9.92 Å². The highest BCUT2D eigenvalue weighted by molar-refractivity contribution is 7.93. The van der Waals surface area contributed by atoms with Crippen molar-refractivity contribution < 1.29 is 23.1 Å². The Morgan fingerprint density at radius 3 is 2.15 bits per heavy atom. The van der Waals surface area contributed by atoms with Gasteiger partial charge < -0.3 is 9.84 Å². The SMILES string of the molecule is O=C(O)C1(S(=O)(=O)c2ccc(Oc3ccccc3Cl)cc2)CCN(Cc2ccccc2)CC1. The van der Waals surface area contributed by atoms with Crippen molar-refractivity contribution >= 4 is 27.4 Å². The minimum atomic E-state index is -4.12. The molecule has 6 nitrogen and oxygen atoms in total. The monoisotopic (exact) mass is 485 g/mol. The third-order valence-corrected chi connectivity index (χ3v) is 8.83. The highest BCUT2D eigenvalue weighted by atomic mass is 35.5. The van der Waals surface area contributed by atoms with E-state index in [1.807, 2.05) is 30.3 Å². The van der Waals surface area contributed by atoms with Crippen molar-refractivity contribution in [3.8, 4) is 11.5 Å². The molecular formula is C25H24ClNO5S. The number of likely N-dealkylation sites (tertiary alicyclic amines) is 1. The molecule has 1 aliphatic heterocycles. The molecule has 1 N–H and O–H groups in total. The van der Waals surface area contributed by atoms with Crippen molar-refractivity contribution in [2.45, 2.75) is 29.0 Å². The number of carboxylic acids is 1. The molecule has 1 aliphatic rings.